The van der Waals surface area contributed by atoms with E-state index >= 15 is 0 Å². The minimum absolute atomic E-state index is 0.0856. The maximum atomic E-state index is 12.5. The Bertz CT molecular complexity index is 1150. The quantitative estimate of drug-likeness (QED) is 0.625. The van der Waals surface area contributed by atoms with Gasteiger partial charge in [-0.05, 0) is 25.3 Å². The molecule has 2 amide bonds. The molecule has 5 rings (SSSR count). The highest BCUT2D eigenvalue weighted by molar-refractivity contribution is 7.17. The summed E-state index contributed by atoms with van der Waals surface area (Å²) < 4.78 is 5.88. The van der Waals surface area contributed by atoms with Crippen molar-refractivity contribution in [2.24, 2.45) is 4.99 Å². The summed E-state index contributed by atoms with van der Waals surface area (Å²) in [5.74, 6) is 1.63. The zero-order valence-corrected chi connectivity index (χ0v) is 18.9. The van der Waals surface area contributed by atoms with E-state index in [1.807, 2.05) is 41.0 Å². The van der Waals surface area contributed by atoms with Crippen LogP contribution in [0.3, 0.4) is 0 Å². The van der Waals surface area contributed by atoms with Crippen molar-refractivity contribution in [3.05, 3.63) is 27.8 Å². The Morgan fingerprint density at radius 2 is 2.03 bits per heavy atom. The number of piperazine rings is 1. The average Bonchev–Trinajstić information content (AvgIpc) is 3.47. The van der Waals surface area contributed by atoms with Crippen LogP contribution < -0.4 is 16.0 Å². The highest BCUT2D eigenvalue weighted by atomic mass is 32.1. The van der Waals surface area contributed by atoms with Gasteiger partial charge in [0.2, 0.25) is 11.8 Å². The van der Waals surface area contributed by atoms with Gasteiger partial charge in [0, 0.05) is 36.9 Å². The Balaban J connectivity index is 1.39. The number of nitrogens with two attached hydrogens (primary N) is 1. The van der Waals surface area contributed by atoms with Crippen molar-refractivity contribution in [3.63, 3.8) is 0 Å². The highest BCUT2D eigenvalue weighted by Gasteiger charge is 2.31. The van der Waals surface area contributed by atoms with E-state index in [-0.39, 0.29) is 17.5 Å². The predicted octanol–water partition coefficient (Wildman–Crippen LogP) is 3.24. The Labute approximate surface area is 187 Å². The first-order valence-corrected chi connectivity index (χ1v) is 11.8. The van der Waals surface area contributed by atoms with Gasteiger partial charge in [0.1, 0.15) is 17.3 Å². The summed E-state index contributed by atoms with van der Waals surface area (Å²) in [5.41, 5.74) is 7.49. The summed E-state index contributed by atoms with van der Waals surface area (Å²) in [6.07, 6.45) is 0. The van der Waals surface area contributed by atoms with Crippen LogP contribution in [0, 0.1) is 0 Å². The summed E-state index contributed by atoms with van der Waals surface area (Å²) in [5, 5.41) is 9.71. The molecule has 2 aliphatic rings. The van der Waals surface area contributed by atoms with Gasteiger partial charge in [0.25, 0.3) is 0 Å². The van der Waals surface area contributed by atoms with E-state index in [0.717, 1.165) is 27.3 Å². The average molecular weight is 458 g/mol. The third-order valence-electron chi connectivity index (χ3n) is 5.27. The molecule has 0 spiro atoms. The molecule has 162 valence electrons. The number of carbonyl (C=O) groups excluding carboxylic acids is 1. The van der Waals surface area contributed by atoms with E-state index in [2.05, 4.69) is 20.2 Å². The van der Waals surface area contributed by atoms with Crippen LogP contribution in [0.4, 0.5) is 22.2 Å². The minimum Gasteiger partial charge on any atom is -0.475 e. The van der Waals surface area contributed by atoms with E-state index < -0.39 is 0 Å². The lowest BCUT2D eigenvalue weighted by atomic mass is 10.1. The number of ether oxygens (including phenoxy) is 1. The number of urea groups is 1. The van der Waals surface area contributed by atoms with Crippen LogP contribution in [0.25, 0.3) is 10.2 Å². The van der Waals surface area contributed by atoms with E-state index in [0.29, 0.717) is 38.7 Å². The molecule has 1 fully saturated rings. The second-order valence-electron chi connectivity index (χ2n) is 8.17. The normalized spacial score (nSPS) is 18.2. The standard InChI is InChI=1S/C20H23N7O2S2/c1-20(2)11-29-16(25-20)13-10-31-17-14(13)15(23-18(21)24-17)26-4-6-27(7-5-26)19(28)22-12-3-8-30-9-12/h3,8-10H,4-7,11H2,1-2H3,(H,22,28)(H2,21,23,24). The Kier molecular flexibility index (Phi) is 4.94. The van der Waals surface area contributed by atoms with Gasteiger partial charge in [-0.25, -0.2) is 14.8 Å². The smallest absolute Gasteiger partial charge is 0.321 e. The number of rotatable bonds is 3. The number of aliphatic imine (C=N–C) groups is 1. The van der Waals surface area contributed by atoms with Crippen molar-refractivity contribution >= 4 is 62.3 Å². The third kappa shape index (κ3) is 3.90. The largest absolute Gasteiger partial charge is 0.475 e. The van der Waals surface area contributed by atoms with Gasteiger partial charge in [-0.2, -0.15) is 16.3 Å². The van der Waals surface area contributed by atoms with Gasteiger partial charge in [-0.3, -0.25) is 0 Å². The predicted molar refractivity (Wildman–Crippen MR) is 126 cm³/mol. The van der Waals surface area contributed by atoms with E-state index in [9.17, 15) is 4.79 Å². The zero-order valence-electron chi connectivity index (χ0n) is 17.3. The van der Waals surface area contributed by atoms with Crippen LogP contribution in [-0.2, 0) is 4.74 Å². The van der Waals surface area contributed by atoms with E-state index in [4.69, 9.17) is 15.5 Å². The first-order valence-electron chi connectivity index (χ1n) is 10.0. The number of nitrogens with one attached hydrogen (secondary N) is 1. The fourth-order valence-corrected chi connectivity index (χ4v) is 5.21. The first-order chi connectivity index (χ1) is 14.9. The van der Waals surface area contributed by atoms with Crippen molar-refractivity contribution in [2.75, 3.05) is 48.7 Å². The third-order valence-corrected chi connectivity index (χ3v) is 6.82. The second-order valence-corrected chi connectivity index (χ2v) is 9.81. The van der Waals surface area contributed by atoms with Crippen LogP contribution >= 0.6 is 22.7 Å². The van der Waals surface area contributed by atoms with E-state index in [1.165, 1.54) is 11.3 Å². The van der Waals surface area contributed by atoms with Crippen molar-refractivity contribution in [2.45, 2.75) is 19.4 Å². The summed E-state index contributed by atoms with van der Waals surface area (Å²) >= 11 is 3.06. The molecule has 0 bridgehead atoms. The number of carbonyl (C=O) groups is 1. The van der Waals surface area contributed by atoms with Crippen LogP contribution in [0.5, 0.6) is 0 Å². The van der Waals surface area contributed by atoms with Crippen LogP contribution in [0.1, 0.15) is 19.4 Å². The summed E-state index contributed by atoms with van der Waals surface area (Å²) in [6.45, 7) is 7.11. The lowest BCUT2D eigenvalue weighted by Gasteiger charge is -2.35. The molecule has 0 aromatic carbocycles. The number of fused-ring (bicyclic) bond motifs is 1. The van der Waals surface area contributed by atoms with Gasteiger partial charge >= 0.3 is 6.03 Å². The SMILES string of the molecule is CC1(C)COC(c2csc3nc(N)nc(N4CCN(C(=O)Nc5ccsc5)CC4)c23)=N1. The maximum Gasteiger partial charge on any atom is 0.321 e. The molecule has 5 heterocycles. The zero-order chi connectivity index (χ0) is 21.6. The minimum atomic E-state index is -0.250. The molecule has 31 heavy (non-hydrogen) atoms. The van der Waals surface area contributed by atoms with Gasteiger partial charge in [-0.1, -0.05) is 0 Å². The molecular weight excluding hydrogens is 434 g/mol. The molecular formula is C20H23N7O2S2. The molecule has 3 aromatic heterocycles. The lowest BCUT2D eigenvalue weighted by Crippen LogP contribution is -2.50. The van der Waals surface area contributed by atoms with E-state index in [1.54, 1.807) is 11.3 Å². The number of nitrogens with zero attached hydrogens (tertiary/aromatic N) is 5. The number of nitrogen functional groups attached to an aromatic ring is 1. The molecule has 3 aromatic rings. The van der Waals surface area contributed by atoms with Crippen LogP contribution in [0.2, 0.25) is 0 Å². The van der Waals surface area contributed by atoms with Gasteiger partial charge < -0.3 is 25.6 Å². The van der Waals surface area contributed by atoms with Crippen molar-refractivity contribution in [1.82, 2.24) is 14.9 Å². The molecule has 0 atom stereocenters. The molecule has 3 N–H and O–H groups in total. The Morgan fingerprint density at radius 1 is 1.23 bits per heavy atom. The second kappa shape index (κ2) is 7.65. The number of anilines is 3. The molecule has 1 saturated heterocycles. The molecule has 0 aliphatic carbocycles. The lowest BCUT2D eigenvalue weighted by molar-refractivity contribution is 0.208. The molecule has 0 saturated carbocycles. The number of amides is 2. The molecule has 0 unspecified atom stereocenters. The number of thiophene rings is 2. The summed E-state index contributed by atoms with van der Waals surface area (Å²) in [4.78, 5) is 31.0. The fourth-order valence-electron chi connectivity index (χ4n) is 3.71. The molecule has 11 heteroatoms. The molecule has 9 nitrogen and oxygen atoms in total. The van der Waals surface area contributed by atoms with Crippen molar-refractivity contribution < 1.29 is 9.53 Å². The number of aromatic nitrogens is 2. The molecule has 2 aliphatic heterocycles. The molecule has 0 radical (unpaired) electrons. The number of hydrogen-bond acceptors (Lipinski definition) is 9. The Hall–Kier alpha value is -2.92. The topological polar surface area (TPSA) is 109 Å². The van der Waals surface area contributed by atoms with Crippen molar-refractivity contribution in [3.8, 4) is 0 Å². The maximum absolute atomic E-state index is 12.5. The fraction of sp³-hybridized carbons (Fsp3) is 0.400. The van der Waals surface area contributed by atoms with Crippen molar-refractivity contribution in [1.29, 1.82) is 0 Å². The number of hydrogen-bond donors (Lipinski definition) is 2. The monoisotopic (exact) mass is 457 g/mol. The summed E-state index contributed by atoms with van der Waals surface area (Å²) in [7, 11) is 0. The van der Waals surface area contributed by atoms with Gasteiger partial charge in [0.15, 0.2) is 0 Å². The van der Waals surface area contributed by atoms with Crippen LogP contribution in [-0.4, -0.2) is 65.1 Å². The van der Waals surface area contributed by atoms with Crippen LogP contribution in [0.15, 0.2) is 27.2 Å². The van der Waals surface area contributed by atoms with Gasteiger partial charge in [-0.15, -0.1) is 11.3 Å². The van der Waals surface area contributed by atoms with Gasteiger partial charge in [0.05, 0.1) is 22.2 Å². The highest BCUT2D eigenvalue weighted by Crippen LogP contribution is 2.35. The first kappa shape index (κ1) is 20.0. The summed E-state index contributed by atoms with van der Waals surface area (Å²) in [6, 6.07) is 1.81. The Morgan fingerprint density at radius 3 is 2.71 bits per heavy atom.